The molecule has 4 aromatic rings. The molecule has 2 heterocycles. The molecule has 0 radical (unpaired) electrons. The first-order valence-corrected chi connectivity index (χ1v) is 9.38. The fourth-order valence-electron chi connectivity index (χ4n) is 3.38. The number of aromatic nitrogens is 3. The Labute approximate surface area is 164 Å². The van der Waals surface area contributed by atoms with E-state index in [2.05, 4.69) is 52.1 Å². The van der Waals surface area contributed by atoms with Crippen LogP contribution in [0.1, 0.15) is 27.3 Å². The lowest BCUT2D eigenvalue weighted by molar-refractivity contribution is 0.0954. The van der Waals surface area contributed by atoms with E-state index in [0.717, 1.165) is 23.4 Å². The van der Waals surface area contributed by atoms with Crippen LogP contribution in [0.4, 0.5) is 0 Å². The molecule has 1 amide bonds. The smallest absolute Gasteiger partial charge is 0.251 e. The van der Waals surface area contributed by atoms with E-state index in [-0.39, 0.29) is 5.91 Å². The summed E-state index contributed by atoms with van der Waals surface area (Å²) < 4.78 is 2.24. The third-order valence-electron chi connectivity index (χ3n) is 4.73. The first kappa shape index (κ1) is 17.9. The van der Waals surface area contributed by atoms with Crippen LogP contribution in [-0.2, 0) is 13.0 Å². The van der Waals surface area contributed by atoms with Crippen LogP contribution in [0, 0.1) is 6.92 Å². The van der Waals surface area contributed by atoms with Gasteiger partial charge in [-0.3, -0.25) is 9.78 Å². The van der Waals surface area contributed by atoms with Crippen molar-refractivity contribution in [1.29, 1.82) is 0 Å². The van der Waals surface area contributed by atoms with Crippen LogP contribution in [0.15, 0.2) is 73.1 Å². The fourth-order valence-corrected chi connectivity index (χ4v) is 3.38. The van der Waals surface area contributed by atoms with Gasteiger partial charge in [-0.1, -0.05) is 42.0 Å². The van der Waals surface area contributed by atoms with Crippen molar-refractivity contribution in [3.05, 3.63) is 95.6 Å². The van der Waals surface area contributed by atoms with Crippen molar-refractivity contribution in [3.8, 4) is 0 Å². The van der Waals surface area contributed by atoms with Gasteiger partial charge in [0.2, 0.25) is 0 Å². The summed E-state index contributed by atoms with van der Waals surface area (Å²) in [6.07, 6.45) is 3.91. The second-order valence-electron chi connectivity index (χ2n) is 6.83. The number of carbonyl (C=O) groups excluding carboxylic acids is 1. The second kappa shape index (κ2) is 8.05. The van der Waals surface area contributed by atoms with Gasteiger partial charge in [-0.25, -0.2) is 4.98 Å². The van der Waals surface area contributed by atoms with E-state index in [9.17, 15) is 4.79 Å². The summed E-state index contributed by atoms with van der Waals surface area (Å²) >= 11 is 0. The fraction of sp³-hybridized carbons (Fsp3) is 0.174. The van der Waals surface area contributed by atoms with Gasteiger partial charge in [-0.15, -0.1) is 0 Å². The van der Waals surface area contributed by atoms with Crippen molar-refractivity contribution in [1.82, 2.24) is 19.9 Å². The number of rotatable bonds is 6. The Hall–Kier alpha value is -3.47. The van der Waals surface area contributed by atoms with Crippen molar-refractivity contribution >= 4 is 16.9 Å². The number of pyridine rings is 1. The SMILES string of the molecule is Cc1cccc(Cn2c(CCNC(=O)c3ccncc3)nc3ccccc32)c1. The molecule has 0 saturated carbocycles. The molecule has 4 rings (SSSR count). The number of nitrogens with zero attached hydrogens (tertiary/aromatic N) is 3. The number of nitrogens with one attached hydrogen (secondary N) is 1. The molecule has 0 bridgehead atoms. The molecule has 5 nitrogen and oxygen atoms in total. The van der Waals surface area contributed by atoms with E-state index in [4.69, 9.17) is 4.98 Å². The first-order valence-electron chi connectivity index (χ1n) is 9.38. The average molecular weight is 370 g/mol. The van der Waals surface area contributed by atoms with Gasteiger partial charge in [0.05, 0.1) is 11.0 Å². The molecular formula is C23H22N4O. The highest BCUT2D eigenvalue weighted by molar-refractivity contribution is 5.93. The lowest BCUT2D eigenvalue weighted by Gasteiger charge is -2.11. The van der Waals surface area contributed by atoms with Crippen molar-refractivity contribution in [2.24, 2.45) is 0 Å². The number of carbonyl (C=O) groups is 1. The Bertz CT molecular complexity index is 1100. The van der Waals surface area contributed by atoms with Crippen LogP contribution in [0.3, 0.4) is 0 Å². The van der Waals surface area contributed by atoms with E-state index in [1.54, 1.807) is 24.5 Å². The van der Waals surface area contributed by atoms with Gasteiger partial charge in [0.25, 0.3) is 5.91 Å². The standard InChI is InChI=1S/C23H22N4O/c1-17-5-4-6-18(15-17)16-27-21-8-3-2-7-20(21)26-22(27)11-14-25-23(28)19-9-12-24-13-10-19/h2-10,12-13,15H,11,14,16H2,1H3,(H,25,28). The van der Waals surface area contributed by atoms with Gasteiger partial charge in [-0.05, 0) is 36.8 Å². The van der Waals surface area contributed by atoms with E-state index < -0.39 is 0 Å². The quantitative estimate of drug-likeness (QED) is 0.562. The van der Waals surface area contributed by atoms with E-state index >= 15 is 0 Å². The number of benzene rings is 2. The van der Waals surface area contributed by atoms with Crippen molar-refractivity contribution in [3.63, 3.8) is 0 Å². The minimum absolute atomic E-state index is 0.0938. The molecule has 2 aromatic carbocycles. The van der Waals surface area contributed by atoms with Crippen LogP contribution >= 0.6 is 0 Å². The van der Waals surface area contributed by atoms with E-state index in [1.165, 1.54) is 11.1 Å². The Kier molecular flexibility index (Phi) is 5.15. The third-order valence-corrected chi connectivity index (χ3v) is 4.73. The zero-order chi connectivity index (χ0) is 19.3. The molecule has 0 unspecified atom stereocenters. The number of fused-ring (bicyclic) bond motifs is 1. The summed E-state index contributed by atoms with van der Waals surface area (Å²) in [6, 6.07) is 20.1. The molecule has 0 aliphatic heterocycles. The Morgan fingerprint density at radius 3 is 2.68 bits per heavy atom. The number of hydrogen-bond acceptors (Lipinski definition) is 3. The monoisotopic (exact) mass is 370 g/mol. The van der Waals surface area contributed by atoms with Gasteiger partial charge in [0.15, 0.2) is 0 Å². The van der Waals surface area contributed by atoms with Crippen molar-refractivity contribution < 1.29 is 4.79 Å². The number of amides is 1. The van der Waals surface area contributed by atoms with Crippen LogP contribution in [0.5, 0.6) is 0 Å². The molecule has 0 atom stereocenters. The van der Waals surface area contributed by atoms with Crippen molar-refractivity contribution in [2.75, 3.05) is 6.54 Å². The molecule has 2 aromatic heterocycles. The predicted molar refractivity (Wildman–Crippen MR) is 110 cm³/mol. The molecule has 0 aliphatic carbocycles. The van der Waals surface area contributed by atoms with Crippen molar-refractivity contribution in [2.45, 2.75) is 19.9 Å². The second-order valence-corrected chi connectivity index (χ2v) is 6.83. The minimum Gasteiger partial charge on any atom is -0.352 e. The molecule has 5 heteroatoms. The maximum atomic E-state index is 12.3. The maximum absolute atomic E-state index is 12.3. The van der Waals surface area contributed by atoms with Gasteiger partial charge in [-0.2, -0.15) is 0 Å². The number of imidazole rings is 1. The highest BCUT2D eigenvalue weighted by Gasteiger charge is 2.12. The highest BCUT2D eigenvalue weighted by atomic mass is 16.1. The largest absolute Gasteiger partial charge is 0.352 e. The molecule has 1 N–H and O–H groups in total. The van der Waals surface area contributed by atoms with E-state index in [0.29, 0.717) is 18.5 Å². The predicted octanol–water partition coefficient (Wildman–Crippen LogP) is 3.76. The minimum atomic E-state index is -0.0938. The molecule has 0 aliphatic rings. The molecule has 0 fully saturated rings. The zero-order valence-electron chi connectivity index (χ0n) is 15.8. The number of hydrogen-bond donors (Lipinski definition) is 1. The Balaban J connectivity index is 1.54. The number of aryl methyl sites for hydroxylation is 1. The summed E-state index contributed by atoms with van der Waals surface area (Å²) in [5.41, 5.74) is 5.19. The summed E-state index contributed by atoms with van der Waals surface area (Å²) in [6.45, 7) is 3.39. The van der Waals surface area contributed by atoms with Gasteiger partial charge >= 0.3 is 0 Å². The van der Waals surface area contributed by atoms with Crippen LogP contribution in [0.25, 0.3) is 11.0 Å². The molecule has 140 valence electrons. The average Bonchev–Trinajstić information content (AvgIpc) is 3.06. The van der Waals surface area contributed by atoms with Gasteiger partial charge < -0.3 is 9.88 Å². The van der Waals surface area contributed by atoms with Gasteiger partial charge in [0, 0.05) is 37.5 Å². The molecule has 0 spiro atoms. The molecule has 0 saturated heterocycles. The lowest BCUT2D eigenvalue weighted by atomic mass is 10.1. The summed E-state index contributed by atoms with van der Waals surface area (Å²) in [7, 11) is 0. The summed E-state index contributed by atoms with van der Waals surface area (Å²) in [5, 5.41) is 2.97. The van der Waals surface area contributed by atoms with Gasteiger partial charge in [0.1, 0.15) is 5.82 Å². The maximum Gasteiger partial charge on any atom is 0.251 e. The van der Waals surface area contributed by atoms with Crippen LogP contribution in [-0.4, -0.2) is 27.0 Å². The number of para-hydroxylation sites is 2. The zero-order valence-corrected chi connectivity index (χ0v) is 15.8. The lowest BCUT2D eigenvalue weighted by Crippen LogP contribution is -2.26. The third kappa shape index (κ3) is 3.93. The summed E-state index contributed by atoms with van der Waals surface area (Å²) in [4.78, 5) is 21.0. The normalized spacial score (nSPS) is 10.9. The Morgan fingerprint density at radius 1 is 1.04 bits per heavy atom. The molecular weight excluding hydrogens is 348 g/mol. The highest BCUT2D eigenvalue weighted by Crippen LogP contribution is 2.19. The van der Waals surface area contributed by atoms with E-state index in [1.807, 2.05) is 18.2 Å². The van der Waals surface area contributed by atoms with Crippen LogP contribution in [0.2, 0.25) is 0 Å². The Morgan fingerprint density at radius 2 is 1.86 bits per heavy atom. The summed E-state index contributed by atoms with van der Waals surface area (Å²) in [5.74, 6) is 0.876. The van der Waals surface area contributed by atoms with Crippen LogP contribution < -0.4 is 5.32 Å². The molecule has 28 heavy (non-hydrogen) atoms. The first-order chi connectivity index (χ1) is 13.7. The topological polar surface area (TPSA) is 59.8 Å².